The third-order valence-electron chi connectivity index (χ3n) is 5.33. The first-order chi connectivity index (χ1) is 15.7. The number of ether oxygens (including phenoxy) is 1. The van der Waals surface area contributed by atoms with Crippen molar-refractivity contribution in [3.63, 3.8) is 0 Å². The molecule has 9 heteroatoms. The number of hydrogen-bond donors (Lipinski definition) is 1. The second-order valence-corrected chi connectivity index (χ2v) is 10.1. The van der Waals surface area contributed by atoms with E-state index in [0.717, 1.165) is 18.8 Å². The van der Waals surface area contributed by atoms with Crippen LogP contribution in [0.2, 0.25) is 5.02 Å². The molecule has 0 saturated carbocycles. The average Bonchev–Trinajstić information content (AvgIpc) is 2.80. The van der Waals surface area contributed by atoms with Crippen molar-refractivity contribution >= 4 is 38.8 Å². The number of carbonyl (C=O) groups is 1. The van der Waals surface area contributed by atoms with Crippen LogP contribution in [0.3, 0.4) is 0 Å². The zero-order valence-electron chi connectivity index (χ0n) is 18.2. The first-order valence-corrected chi connectivity index (χ1v) is 12.4. The molecular weight excluding hydrogens is 462 g/mol. The molecule has 0 amide bonds. The van der Waals surface area contributed by atoms with Crippen molar-refractivity contribution in [2.24, 2.45) is 0 Å². The van der Waals surface area contributed by atoms with Gasteiger partial charge in [0.1, 0.15) is 0 Å². The van der Waals surface area contributed by atoms with E-state index >= 15 is 0 Å². The van der Waals surface area contributed by atoms with E-state index in [4.69, 9.17) is 16.3 Å². The smallest absolute Gasteiger partial charge is 0.261 e. The highest BCUT2D eigenvalue weighted by atomic mass is 35.5. The lowest BCUT2D eigenvalue weighted by atomic mass is 10.0. The van der Waals surface area contributed by atoms with Gasteiger partial charge in [0.25, 0.3) is 10.0 Å². The molecule has 1 aliphatic rings. The van der Waals surface area contributed by atoms with E-state index in [1.807, 2.05) is 13.8 Å². The number of pyridine rings is 1. The molecule has 0 spiro atoms. The highest BCUT2D eigenvalue weighted by molar-refractivity contribution is 7.92. The van der Waals surface area contributed by atoms with E-state index < -0.39 is 10.0 Å². The van der Waals surface area contributed by atoms with Gasteiger partial charge in [0.15, 0.2) is 5.78 Å². The summed E-state index contributed by atoms with van der Waals surface area (Å²) in [6.45, 7) is 5.50. The Bertz CT molecular complexity index is 1240. The quantitative estimate of drug-likeness (QED) is 0.521. The Morgan fingerprint density at radius 2 is 1.79 bits per heavy atom. The summed E-state index contributed by atoms with van der Waals surface area (Å²) in [5.74, 6) is -0.380. The molecule has 0 aliphatic carbocycles. The molecule has 1 aliphatic heterocycles. The lowest BCUT2D eigenvalue weighted by Gasteiger charge is -2.36. The van der Waals surface area contributed by atoms with Gasteiger partial charge in [-0.3, -0.25) is 14.5 Å². The van der Waals surface area contributed by atoms with Crippen LogP contribution in [0.4, 0.5) is 11.4 Å². The minimum absolute atomic E-state index is 0.0929. The molecule has 2 atom stereocenters. The number of carbonyl (C=O) groups excluding carboxylic acids is 1. The maximum atomic E-state index is 13.1. The van der Waals surface area contributed by atoms with Crippen molar-refractivity contribution in [3.8, 4) is 0 Å². The molecule has 172 valence electrons. The van der Waals surface area contributed by atoms with E-state index in [1.165, 1.54) is 24.4 Å². The number of nitrogens with one attached hydrogen (secondary N) is 1. The first-order valence-electron chi connectivity index (χ1n) is 10.5. The van der Waals surface area contributed by atoms with E-state index in [2.05, 4.69) is 14.6 Å². The second-order valence-electron chi connectivity index (χ2n) is 8.02. The van der Waals surface area contributed by atoms with Gasteiger partial charge in [-0.2, -0.15) is 0 Å². The second kappa shape index (κ2) is 9.51. The van der Waals surface area contributed by atoms with Crippen LogP contribution in [0.25, 0.3) is 0 Å². The monoisotopic (exact) mass is 485 g/mol. The molecule has 3 aromatic rings. The number of hydrogen-bond acceptors (Lipinski definition) is 6. The highest BCUT2D eigenvalue weighted by Crippen LogP contribution is 2.27. The van der Waals surface area contributed by atoms with Gasteiger partial charge < -0.3 is 9.64 Å². The van der Waals surface area contributed by atoms with E-state index in [0.29, 0.717) is 10.6 Å². The predicted octanol–water partition coefficient (Wildman–Crippen LogP) is 4.38. The fourth-order valence-electron chi connectivity index (χ4n) is 3.87. The van der Waals surface area contributed by atoms with Crippen LogP contribution in [0.5, 0.6) is 0 Å². The van der Waals surface area contributed by atoms with Crippen LogP contribution in [-0.2, 0) is 14.8 Å². The number of anilines is 2. The minimum atomic E-state index is -3.94. The fraction of sp³-hybridized carbons (Fsp3) is 0.250. The van der Waals surface area contributed by atoms with E-state index in [1.54, 1.807) is 42.6 Å². The molecular formula is C24H24ClN3O4S. The standard InChI is InChI=1S/C24H24ClN3O4S/c1-16-14-28(15-17(2)32-16)20-6-8-21(9-7-20)33(30,31)27-23-10-5-19(25)12-22(23)24(29)18-4-3-11-26-13-18/h3-13,16-17,27H,14-15H2,1-2H3. The van der Waals surface area contributed by atoms with Gasteiger partial charge in [0.2, 0.25) is 0 Å². The zero-order valence-corrected chi connectivity index (χ0v) is 19.8. The Hall–Kier alpha value is -2.94. The predicted molar refractivity (Wildman–Crippen MR) is 129 cm³/mol. The van der Waals surface area contributed by atoms with Gasteiger partial charge in [-0.1, -0.05) is 11.6 Å². The summed E-state index contributed by atoms with van der Waals surface area (Å²) < 4.78 is 34.5. The molecule has 7 nitrogen and oxygen atoms in total. The lowest BCUT2D eigenvalue weighted by Crippen LogP contribution is -2.45. The summed E-state index contributed by atoms with van der Waals surface area (Å²) in [4.78, 5) is 19.2. The first kappa shape index (κ1) is 23.2. The largest absolute Gasteiger partial charge is 0.372 e. The van der Waals surface area contributed by atoms with Gasteiger partial charge in [-0.05, 0) is 68.4 Å². The van der Waals surface area contributed by atoms with Crippen molar-refractivity contribution in [2.45, 2.75) is 31.0 Å². The molecule has 2 aromatic carbocycles. The number of halogens is 1. The average molecular weight is 486 g/mol. The summed E-state index contributed by atoms with van der Waals surface area (Å²) in [5.41, 5.74) is 1.55. The minimum Gasteiger partial charge on any atom is -0.372 e. The van der Waals surface area contributed by atoms with Gasteiger partial charge in [0.05, 0.1) is 22.8 Å². The molecule has 1 saturated heterocycles. The SMILES string of the molecule is CC1CN(c2ccc(S(=O)(=O)Nc3ccc(Cl)cc3C(=O)c3cccnc3)cc2)CC(C)O1. The Balaban J connectivity index is 1.59. The summed E-state index contributed by atoms with van der Waals surface area (Å²) in [5, 5.41) is 0.323. The number of aromatic nitrogens is 1. The maximum absolute atomic E-state index is 13.1. The Labute approximate surface area is 198 Å². The molecule has 2 heterocycles. The molecule has 0 bridgehead atoms. The summed E-state index contributed by atoms with van der Waals surface area (Å²) in [7, 11) is -3.94. The molecule has 1 fully saturated rings. The molecule has 2 unspecified atom stereocenters. The van der Waals surface area contributed by atoms with E-state index in [9.17, 15) is 13.2 Å². The van der Waals surface area contributed by atoms with Gasteiger partial charge >= 0.3 is 0 Å². The van der Waals surface area contributed by atoms with Crippen LogP contribution in [-0.4, -0.2) is 44.5 Å². The molecule has 0 radical (unpaired) electrons. The fourth-order valence-corrected chi connectivity index (χ4v) is 5.13. The van der Waals surface area contributed by atoms with Crippen molar-refractivity contribution in [3.05, 3.63) is 83.1 Å². The molecule has 4 rings (SSSR count). The number of morpholine rings is 1. The van der Waals surface area contributed by atoms with Crippen LogP contribution >= 0.6 is 11.6 Å². The van der Waals surface area contributed by atoms with Crippen LogP contribution in [0.1, 0.15) is 29.8 Å². The normalized spacial score (nSPS) is 18.7. The lowest BCUT2D eigenvalue weighted by molar-refractivity contribution is -0.00522. The van der Waals surface area contributed by atoms with Gasteiger partial charge in [-0.15, -0.1) is 0 Å². The van der Waals surface area contributed by atoms with Crippen molar-refractivity contribution in [1.82, 2.24) is 4.98 Å². The topological polar surface area (TPSA) is 88.6 Å². The van der Waals surface area contributed by atoms with Crippen LogP contribution in [0.15, 0.2) is 71.9 Å². The molecule has 1 N–H and O–H groups in total. The Morgan fingerprint density at radius 3 is 2.42 bits per heavy atom. The third kappa shape index (κ3) is 5.35. The van der Waals surface area contributed by atoms with Crippen molar-refractivity contribution in [2.75, 3.05) is 22.7 Å². The number of benzene rings is 2. The van der Waals surface area contributed by atoms with Crippen molar-refractivity contribution in [1.29, 1.82) is 0 Å². The van der Waals surface area contributed by atoms with Gasteiger partial charge in [-0.25, -0.2) is 8.42 Å². The number of ketones is 1. The van der Waals surface area contributed by atoms with Gasteiger partial charge in [0, 0.05) is 47.3 Å². The number of nitrogens with zero attached hydrogens (tertiary/aromatic N) is 2. The molecule has 1 aromatic heterocycles. The summed E-state index contributed by atoms with van der Waals surface area (Å²) in [6, 6.07) is 14.4. The molecule has 33 heavy (non-hydrogen) atoms. The van der Waals surface area contributed by atoms with Crippen LogP contribution in [0, 0.1) is 0 Å². The summed E-state index contributed by atoms with van der Waals surface area (Å²) in [6.07, 6.45) is 3.17. The Kier molecular flexibility index (Phi) is 6.69. The van der Waals surface area contributed by atoms with E-state index in [-0.39, 0.29) is 34.1 Å². The van der Waals surface area contributed by atoms with Crippen LogP contribution < -0.4 is 9.62 Å². The Morgan fingerprint density at radius 1 is 1.09 bits per heavy atom. The number of rotatable bonds is 6. The highest BCUT2D eigenvalue weighted by Gasteiger charge is 2.24. The maximum Gasteiger partial charge on any atom is 0.261 e. The number of sulfonamides is 1. The van der Waals surface area contributed by atoms with Crippen molar-refractivity contribution < 1.29 is 17.9 Å². The summed E-state index contributed by atoms with van der Waals surface area (Å²) >= 11 is 6.09. The zero-order chi connectivity index (χ0) is 23.6. The third-order valence-corrected chi connectivity index (χ3v) is 6.94.